The van der Waals surface area contributed by atoms with Crippen molar-refractivity contribution >= 4 is 25.1 Å². The molecule has 0 fully saturated rings. The van der Waals surface area contributed by atoms with E-state index in [1.165, 1.54) is 19.1 Å². The summed E-state index contributed by atoms with van der Waals surface area (Å²) in [7, 11) is -4.23. The fourth-order valence-corrected chi connectivity index (χ4v) is 4.43. The molecule has 0 unspecified atom stereocenters. The molecule has 0 aliphatic carbocycles. The van der Waals surface area contributed by atoms with Crippen LogP contribution in [0.1, 0.15) is 26.3 Å². The maximum atomic E-state index is 13.0. The predicted octanol–water partition coefficient (Wildman–Crippen LogP) is 1.99. The molecule has 1 N–H and O–H groups in total. The van der Waals surface area contributed by atoms with E-state index in [0.717, 1.165) is 4.90 Å². The van der Waals surface area contributed by atoms with Gasteiger partial charge in [-0.3, -0.25) is 14.2 Å². The average molecular weight is 327 g/mol. The third kappa shape index (κ3) is 2.21. The molecule has 0 spiro atoms. The second kappa shape index (κ2) is 5.93. The summed E-state index contributed by atoms with van der Waals surface area (Å²) in [5.74, 6) is -1.61. The van der Waals surface area contributed by atoms with Crippen molar-refractivity contribution in [3.8, 4) is 0 Å². The van der Waals surface area contributed by atoms with Crippen LogP contribution in [-0.4, -0.2) is 30.1 Å². The van der Waals surface area contributed by atoms with Gasteiger partial charge in [0, 0.05) is 12.5 Å². The number of fused-ring (bicyclic) bond motifs is 1. The normalized spacial score (nSPS) is 21.1. The molecule has 0 radical (unpaired) electrons. The van der Waals surface area contributed by atoms with E-state index in [1.54, 1.807) is 26.0 Å². The first-order chi connectivity index (χ1) is 10.3. The Hall–Kier alpha value is -1.53. The SMILES string of the molecule is CCOP(=O)(OCC)[C@@]1(O)C(=O)N(C(C)=O)c2ccccc21. The number of anilines is 1. The van der Waals surface area contributed by atoms with Gasteiger partial charge in [0.05, 0.1) is 18.9 Å². The van der Waals surface area contributed by atoms with Crippen LogP contribution in [0.2, 0.25) is 0 Å². The topological polar surface area (TPSA) is 93.1 Å². The Bertz CT molecular complexity index is 650. The molecule has 120 valence electrons. The van der Waals surface area contributed by atoms with Crippen LogP contribution < -0.4 is 4.90 Å². The van der Waals surface area contributed by atoms with Crippen molar-refractivity contribution in [3.63, 3.8) is 0 Å². The number of rotatable bonds is 5. The fourth-order valence-electron chi connectivity index (χ4n) is 2.49. The summed E-state index contributed by atoms with van der Waals surface area (Å²) in [5, 5.41) is 8.43. The van der Waals surface area contributed by atoms with E-state index < -0.39 is 24.8 Å². The number of imide groups is 1. The second-order valence-electron chi connectivity index (χ2n) is 4.68. The smallest absolute Gasteiger partial charge is 0.366 e. The zero-order chi connectivity index (χ0) is 16.5. The number of hydrogen-bond donors (Lipinski definition) is 1. The van der Waals surface area contributed by atoms with E-state index >= 15 is 0 Å². The van der Waals surface area contributed by atoms with Crippen molar-refractivity contribution in [3.05, 3.63) is 29.8 Å². The number of nitrogens with zero attached hydrogens (tertiary/aromatic N) is 1. The lowest BCUT2D eigenvalue weighted by Crippen LogP contribution is -2.43. The third-order valence-corrected chi connectivity index (χ3v) is 5.75. The molecule has 1 heterocycles. The molecule has 2 amide bonds. The number of carbonyl (C=O) groups excluding carboxylic acids is 2. The van der Waals surface area contributed by atoms with E-state index in [9.17, 15) is 19.3 Å². The van der Waals surface area contributed by atoms with Gasteiger partial charge in [0.2, 0.25) is 5.91 Å². The predicted molar refractivity (Wildman–Crippen MR) is 79.4 cm³/mol. The lowest BCUT2D eigenvalue weighted by molar-refractivity contribution is -0.133. The zero-order valence-electron chi connectivity index (χ0n) is 12.6. The van der Waals surface area contributed by atoms with Crippen LogP contribution in [0.5, 0.6) is 0 Å². The highest BCUT2D eigenvalue weighted by Crippen LogP contribution is 2.67. The van der Waals surface area contributed by atoms with E-state index in [0.29, 0.717) is 0 Å². The average Bonchev–Trinajstić information content (AvgIpc) is 2.70. The summed E-state index contributed by atoms with van der Waals surface area (Å²) in [6, 6.07) is 6.11. The molecule has 1 aliphatic rings. The van der Waals surface area contributed by atoms with Crippen LogP contribution in [0.15, 0.2) is 24.3 Å². The molecular formula is C14H18NO6P. The molecule has 0 saturated carbocycles. The molecule has 1 aromatic rings. The third-order valence-electron chi connectivity index (χ3n) is 3.33. The van der Waals surface area contributed by atoms with Crippen LogP contribution >= 0.6 is 7.60 Å². The molecule has 0 bridgehead atoms. The highest BCUT2D eigenvalue weighted by atomic mass is 31.2. The Morgan fingerprint density at radius 2 is 1.82 bits per heavy atom. The molecule has 2 rings (SSSR count). The number of carbonyl (C=O) groups is 2. The summed E-state index contributed by atoms with van der Waals surface area (Å²) in [4.78, 5) is 25.2. The van der Waals surface area contributed by atoms with Gasteiger partial charge in [-0.25, -0.2) is 4.90 Å². The Kier molecular flexibility index (Phi) is 4.54. The van der Waals surface area contributed by atoms with Crippen LogP contribution in [0, 0.1) is 0 Å². The number of amides is 2. The molecule has 0 aromatic heterocycles. The van der Waals surface area contributed by atoms with Gasteiger partial charge >= 0.3 is 7.60 Å². The summed E-state index contributed by atoms with van der Waals surface area (Å²) in [6.45, 7) is 4.29. The number of hydrogen-bond acceptors (Lipinski definition) is 6. The van der Waals surface area contributed by atoms with Gasteiger partial charge < -0.3 is 14.2 Å². The van der Waals surface area contributed by atoms with Crippen LogP contribution in [-0.2, 0) is 28.5 Å². The highest BCUT2D eigenvalue weighted by molar-refractivity contribution is 7.56. The second-order valence-corrected chi connectivity index (χ2v) is 6.84. The molecule has 0 saturated heterocycles. The first kappa shape index (κ1) is 16.8. The Morgan fingerprint density at radius 3 is 2.32 bits per heavy atom. The molecular weight excluding hydrogens is 309 g/mol. The lowest BCUT2D eigenvalue weighted by atomic mass is 10.1. The van der Waals surface area contributed by atoms with E-state index in [2.05, 4.69) is 0 Å². The van der Waals surface area contributed by atoms with Gasteiger partial charge in [-0.05, 0) is 19.9 Å². The maximum Gasteiger partial charge on any atom is 0.376 e. The van der Waals surface area contributed by atoms with Gasteiger partial charge in [0.25, 0.3) is 11.2 Å². The van der Waals surface area contributed by atoms with Gasteiger partial charge in [0.1, 0.15) is 0 Å². The maximum absolute atomic E-state index is 13.0. The number of benzene rings is 1. The molecule has 1 aromatic carbocycles. The first-order valence-electron chi connectivity index (χ1n) is 6.89. The highest BCUT2D eigenvalue weighted by Gasteiger charge is 2.64. The Morgan fingerprint density at radius 1 is 1.27 bits per heavy atom. The summed E-state index contributed by atoms with van der Waals surface area (Å²) < 4.78 is 23.3. The van der Waals surface area contributed by atoms with Gasteiger partial charge in [0.15, 0.2) is 0 Å². The quantitative estimate of drug-likeness (QED) is 0.831. The minimum atomic E-state index is -4.23. The minimum absolute atomic E-state index is 0.0187. The monoisotopic (exact) mass is 327 g/mol. The minimum Gasteiger partial charge on any atom is -0.366 e. The van der Waals surface area contributed by atoms with Crippen molar-refractivity contribution in [2.24, 2.45) is 0 Å². The Balaban J connectivity index is 2.70. The number of aliphatic hydroxyl groups is 1. The standard InChI is InChI=1S/C14H18NO6P/c1-4-20-22(19,21-5-2)14(18)11-8-6-7-9-12(11)15(10(3)16)13(14)17/h6-9,18H,4-5H2,1-3H3/t14-/m1/s1. The van der Waals surface area contributed by atoms with Crippen molar-refractivity contribution in [2.45, 2.75) is 26.1 Å². The van der Waals surface area contributed by atoms with Gasteiger partial charge in [-0.2, -0.15) is 0 Å². The van der Waals surface area contributed by atoms with Crippen molar-refractivity contribution in [2.75, 3.05) is 18.1 Å². The largest absolute Gasteiger partial charge is 0.376 e. The first-order valence-corrected chi connectivity index (χ1v) is 8.44. The molecule has 1 aliphatic heterocycles. The van der Waals surface area contributed by atoms with E-state index in [-0.39, 0.29) is 24.5 Å². The molecule has 7 nitrogen and oxygen atoms in total. The van der Waals surface area contributed by atoms with Crippen LogP contribution in [0.25, 0.3) is 0 Å². The van der Waals surface area contributed by atoms with Crippen molar-refractivity contribution in [1.29, 1.82) is 0 Å². The lowest BCUT2D eigenvalue weighted by Gasteiger charge is -2.29. The van der Waals surface area contributed by atoms with Crippen molar-refractivity contribution in [1.82, 2.24) is 0 Å². The van der Waals surface area contributed by atoms with Crippen LogP contribution in [0.3, 0.4) is 0 Å². The summed E-state index contributed by atoms with van der Waals surface area (Å²) in [5.41, 5.74) is 0.225. The van der Waals surface area contributed by atoms with Gasteiger partial charge in [-0.15, -0.1) is 0 Å². The van der Waals surface area contributed by atoms with Crippen molar-refractivity contribution < 1.29 is 28.3 Å². The van der Waals surface area contributed by atoms with E-state index in [1.807, 2.05) is 0 Å². The fraction of sp³-hybridized carbons (Fsp3) is 0.429. The summed E-state index contributed by atoms with van der Waals surface area (Å²) >= 11 is 0. The van der Waals surface area contributed by atoms with E-state index in [4.69, 9.17) is 9.05 Å². The summed E-state index contributed by atoms with van der Waals surface area (Å²) in [6.07, 6.45) is 0. The number of para-hydroxylation sites is 1. The molecule has 22 heavy (non-hydrogen) atoms. The molecule has 8 heteroatoms. The van der Waals surface area contributed by atoms with Gasteiger partial charge in [-0.1, -0.05) is 18.2 Å². The molecule has 1 atom stereocenters. The zero-order valence-corrected chi connectivity index (χ0v) is 13.5. The van der Waals surface area contributed by atoms with Crippen LogP contribution in [0.4, 0.5) is 5.69 Å². The Labute approximate surface area is 128 Å².